The van der Waals surface area contributed by atoms with Gasteiger partial charge in [-0.1, -0.05) is 24.3 Å². The summed E-state index contributed by atoms with van der Waals surface area (Å²) < 4.78 is 5.27. The Hall–Kier alpha value is -4.20. The van der Waals surface area contributed by atoms with Crippen molar-refractivity contribution in [2.75, 3.05) is 10.6 Å². The van der Waals surface area contributed by atoms with Gasteiger partial charge >= 0.3 is 11.8 Å². The molecule has 1 heterocycles. The zero-order chi connectivity index (χ0) is 21.5. The van der Waals surface area contributed by atoms with E-state index >= 15 is 0 Å². The smallest absolute Gasteiger partial charge is 0.329 e. The van der Waals surface area contributed by atoms with E-state index in [1.165, 1.54) is 12.3 Å². The van der Waals surface area contributed by atoms with Crippen molar-refractivity contribution in [1.29, 1.82) is 0 Å². The molecule has 30 heavy (non-hydrogen) atoms. The zero-order valence-corrected chi connectivity index (χ0v) is 16.4. The van der Waals surface area contributed by atoms with Crippen molar-refractivity contribution in [3.63, 3.8) is 0 Å². The number of hydrogen-bond acceptors (Lipinski definition) is 5. The zero-order valence-electron chi connectivity index (χ0n) is 16.4. The summed E-state index contributed by atoms with van der Waals surface area (Å²) in [6.45, 7) is 3.69. The second-order valence-corrected chi connectivity index (χ2v) is 6.47. The van der Waals surface area contributed by atoms with Gasteiger partial charge in [0, 0.05) is 5.69 Å². The topological polar surface area (TPSA) is 113 Å². The molecule has 2 aromatic carbocycles. The van der Waals surface area contributed by atoms with E-state index in [1.807, 2.05) is 25.1 Å². The first-order chi connectivity index (χ1) is 14.4. The van der Waals surface area contributed by atoms with Gasteiger partial charge in [-0.2, -0.15) is 5.10 Å². The van der Waals surface area contributed by atoms with E-state index in [1.54, 1.807) is 43.3 Å². The van der Waals surface area contributed by atoms with Gasteiger partial charge in [-0.3, -0.25) is 14.4 Å². The van der Waals surface area contributed by atoms with E-state index < -0.39 is 17.7 Å². The average molecular weight is 404 g/mol. The van der Waals surface area contributed by atoms with Gasteiger partial charge in [0.05, 0.1) is 17.5 Å². The molecule has 0 fully saturated rings. The molecule has 8 heteroatoms. The maximum Gasteiger partial charge on any atom is 0.329 e. The molecule has 0 spiro atoms. The van der Waals surface area contributed by atoms with Crippen molar-refractivity contribution >= 4 is 35.3 Å². The quantitative estimate of drug-likeness (QED) is 0.344. The van der Waals surface area contributed by atoms with Gasteiger partial charge in [0.25, 0.3) is 5.91 Å². The third-order valence-electron chi connectivity index (χ3n) is 4.02. The van der Waals surface area contributed by atoms with Gasteiger partial charge in [-0.05, 0) is 55.8 Å². The molecular formula is C22H20N4O4. The maximum atomic E-state index is 12.6. The molecule has 0 atom stereocenters. The molecule has 8 nitrogen and oxygen atoms in total. The summed E-state index contributed by atoms with van der Waals surface area (Å²) in [5.41, 5.74) is 4.16. The monoisotopic (exact) mass is 404 g/mol. The average Bonchev–Trinajstić information content (AvgIpc) is 3.13. The lowest BCUT2D eigenvalue weighted by atomic mass is 10.1. The number of rotatable bonds is 5. The van der Waals surface area contributed by atoms with Crippen LogP contribution < -0.4 is 16.1 Å². The third kappa shape index (κ3) is 5.41. The molecule has 0 unspecified atom stereocenters. The largest absolute Gasteiger partial charge is 0.460 e. The number of aryl methyl sites for hydroxylation is 2. The molecular weight excluding hydrogens is 384 g/mol. The van der Waals surface area contributed by atoms with Crippen molar-refractivity contribution in [2.45, 2.75) is 13.8 Å². The Bertz CT molecular complexity index is 1120. The highest BCUT2D eigenvalue weighted by Gasteiger charge is 2.17. The van der Waals surface area contributed by atoms with Crippen LogP contribution in [0.15, 0.2) is 70.2 Å². The number of hydrogen-bond donors (Lipinski definition) is 3. The lowest BCUT2D eigenvalue weighted by molar-refractivity contribution is -0.136. The van der Waals surface area contributed by atoms with Gasteiger partial charge < -0.3 is 15.1 Å². The Morgan fingerprint density at radius 3 is 2.43 bits per heavy atom. The summed E-state index contributed by atoms with van der Waals surface area (Å²) in [5, 5.41) is 8.88. The summed E-state index contributed by atoms with van der Waals surface area (Å²) in [6, 6.07) is 17.1. The summed E-state index contributed by atoms with van der Waals surface area (Å²) >= 11 is 0. The maximum absolute atomic E-state index is 12.6. The molecule has 3 amide bonds. The van der Waals surface area contributed by atoms with Crippen molar-refractivity contribution in [2.24, 2.45) is 5.10 Å². The van der Waals surface area contributed by atoms with E-state index in [0.717, 1.165) is 5.56 Å². The molecule has 1 aromatic heterocycles. The number of furan rings is 1. The number of nitrogens with zero attached hydrogens (tertiary/aromatic N) is 1. The lowest BCUT2D eigenvalue weighted by Crippen LogP contribution is -2.33. The number of amides is 3. The minimum atomic E-state index is -0.983. The van der Waals surface area contributed by atoms with Crippen LogP contribution in [-0.2, 0) is 9.59 Å². The number of anilines is 2. The van der Waals surface area contributed by atoms with Crippen LogP contribution in [0.2, 0.25) is 0 Å². The van der Waals surface area contributed by atoms with E-state index in [0.29, 0.717) is 17.2 Å². The standard InChI is InChI=1S/C22H20N4O4/c1-14-6-5-7-16(12-14)24-20(27)18-8-3-4-9-19(18)25-21(28)22(29)26-23-13-17-11-10-15(2)30-17/h3-13H,1-2H3,(H,24,27)(H,25,28)(H,26,29)/b23-13+. The fourth-order valence-corrected chi connectivity index (χ4v) is 2.62. The number of benzene rings is 2. The SMILES string of the molecule is Cc1cccc(NC(=O)c2ccccc2NC(=O)C(=O)N/N=C/c2ccc(C)o2)c1. The number of nitrogens with one attached hydrogen (secondary N) is 3. The molecule has 3 N–H and O–H groups in total. The number of para-hydroxylation sites is 1. The lowest BCUT2D eigenvalue weighted by Gasteiger charge is -2.11. The summed E-state index contributed by atoms with van der Waals surface area (Å²) in [7, 11) is 0. The predicted octanol–water partition coefficient (Wildman–Crippen LogP) is 3.24. The minimum Gasteiger partial charge on any atom is -0.460 e. The van der Waals surface area contributed by atoms with Gasteiger partial charge in [0.15, 0.2) is 0 Å². The fourth-order valence-electron chi connectivity index (χ4n) is 2.62. The number of hydrazone groups is 1. The minimum absolute atomic E-state index is 0.202. The molecule has 0 aliphatic heterocycles. The molecule has 0 aliphatic rings. The molecule has 0 saturated heterocycles. The van der Waals surface area contributed by atoms with E-state index in [-0.39, 0.29) is 11.3 Å². The molecule has 152 valence electrons. The molecule has 0 aliphatic carbocycles. The third-order valence-corrected chi connectivity index (χ3v) is 4.02. The van der Waals surface area contributed by atoms with Crippen molar-refractivity contribution in [3.8, 4) is 0 Å². The van der Waals surface area contributed by atoms with Crippen LogP contribution in [0.4, 0.5) is 11.4 Å². The predicted molar refractivity (Wildman–Crippen MR) is 113 cm³/mol. The van der Waals surface area contributed by atoms with Gasteiger partial charge in [0.2, 0.25) is 0 Å². The van der Waals surface area contributed by atoms with Crippen LogP contribution in [0.1, 0.15) is 27.4 Å². The Morgan fingerprint density at radius 2 is 1.70 bits per heavy atom. The molecule has 0 bridgehead atoms. The van der Waals surface area contributed by atoms with Gasteiger partial charge in [-0.25, -0.2) is 5.43 Å². The van der Waals surface area contributed by atoms with Crippen LogP contribution in [0, 0.1) is 13.8 Å². The summed E-state index contributed by atoms with van der Waals surface area (Å²) in [4.78, 5) is 36.8. The van der Waals surface area contributed by atoms with E-state index in [2.05, 4.69) is 21.2 Å². The number of carbonyl (C=O) groups is 3. The van der Waals surface area contributed by atoms with Crippen LogP contribution >= 0.6 is 0 Å². The highest BCUT2D eigenvalue weighted by Crippen LogP contribution is 2.18. The fraction of sp³-hybridized carbons (Fsp3) is 0.0909. The number of carbonyl (C=O) groups excluding carboxylic acids is 3. The first-order valence-electron chi connectivity index (χ1n) is 9.10. The molecule has 3 aromatic rings. The Labute approximate surface area is 173 Å². The van der Waals surface area contributed by atoms with E-state index in [4.69, 9.17) is 4.42 Å². The van der Waals surface area contributed by atoms with Crippen LogP contribution in [0.25, 0.3) is 0 Å². The second-order valence-electron chi connectivity index (χ2n) is 6.47. The van der Waals surface area contributed by atoms with Crippen LogP contribution in [0.5, 0.6) is 0 Å². The Balaban J connectivity index is 1.64. The first-order valence-corrected chi connectivity index (χ1v) is 9.10. The molecule has 3 rings (SSSR count). The normalized spacial score (nSPS) is 10.6. The molecule has 0 radical (unpaired) electrons. The second kappa shape index (κ2) is 9.33. The van der Waals surface area contributed by atoms with Crippen LogP contribution in [0.3, 0.4) is 0 Å². The highest BCUT2D eigenvalue weighted by atomic mass is 16.3. The van der Waals surface area contributed by atoms with Crippen molar-refractivity contribution in [3.05, 3.63) is 83.3 Å². The van der Waals surface area contributed by atoms with Gasteiger partial charge in [-0.15, -0.1) is 0 Å². The molecule has 0 saturated carbocycles. The first kappa shape index (κ1) is 20.5. The van der Waals surface area contributed by atoms with Crippen LogP contribution in [-0.4, -0.2) is 23.9 Å². The van der Waals surface area contributed by atoms with E-state index in [9.17, 15) is 14.4 Å². The van der Waals surface area contributed by atoms with Crippen molar-refractivity contribution in [1.82, 2.24) is 5.43 Å². The summed E-state index contributed by atoms with van der Waals surface area (Å²) in [6.07, 6.45) is 1.28. The Kier molecular flexibility index (Phi) is 6.39. The summed E-state index contributed by atoms with van der Waals surface area (Å²) in [5.74, 6) is -1.22. The Morgan fingerprint density at radius 1 is 0.900 bits per heavy atom. The highest BCUT2D eigenvalue weighted by molar-refractivity contribution is 6.40. The van der Waals surface area contributed by atoms with Gasteiger partial charge in [0.1, 0.15) is 11.5 Å². The van der Waals surface area contributed by atoms with Crippen molar-refractivity contribution < 1.29 is 18.8 Å².